The largest absolute Gasteiger partial charge is 0.457 e. The first-order valence-corrected chi connectivity index (χ1v) is 5.97. The number of nitrogens with two attached hydrogens (primary N) is 1. The number of rotatable bonds is 5. The zero-order valence-electron chi connectivity index (χ0n) is 10.1. The summed E-state index contributed by atoms with van der Waals surface area (Å²) in [5.74, 6) is 1.58. The van der Waals surface area contributed by atoms with Gasteiger partial charge in [-0.2, -0.15) is 0 Å². The van der Waals surface area contributed by atoms with Crippen LogP contribution in [-0.4, -0.2) is 17.8 Å². The summed E-state index contributed by atoms with van der Waals surface area (Å²) in [6.07, 6.45) is 0.597. The van der Waals surface area contributed by atoms with Crippen molar-refractivity contribution in [3.05, 3.63) is 60.2 Å². The summed E-state index contributed by atoms with van der Waals surface area (Å²) in [5, 5.41) is 9.01. The first-order valence-electron chi connectivity index (χ1n) is 5.97. The Balaban J connectivity index is 2.17. The number of aliphatic hydroxyl groups excluding tert-OH is 1. The molecule has 18 heavy (non-hydrogen) atoms. The van der Waals surface area contributed by atoms with E-state index >= 15 is 0 Å². The fourth-order valence-electron chi connectivity index (χ4n) is 1.73. The smallest absolute Gasteiger partial charge is 0.130 e. The van der Waals surface area contributed by atoms with Gasteiger partial charge in [-0.3, -0.25) is 0 Å². The predicted molar refractivity (Wildman–Crippen MR) is 71.7 cm³/mol. The Labute approximate surface area is 107 Å². The van der Waals surface area contributed by atoms with Crippen LogP contribution in [0.15, 0.2) is 54.6 Å². The summed E-state index contributed by atoms with van der Waals surface area (Å²) in [5.41, 5.74) is 6.76. The molecule has 0 aromatic heterocycles. The van der Waals surface area contributed by atoms with Crippen molar-refractivity contribution in [2.24, 2.45) is 5.73 Å². The summed E-state index contributed by atoms with van der Waals surface area (Å²) < 4.78 is 5.82. The zero-order valence-corrected chi connectivity index (χ0v) is 10.1. The van der Waals surface area contributed by atoms with E-state index < -0.39 is 0 Å². The van der Waals surface area contributed by atoms with Crippen LogP contribution in [0, 0.1) is 0 Å². The molecule has 0 saturated carbocycles. The van der Waals surface area contributed by atoms with Crippen LogP contribution in [0.3, 0.4) is 0 Å². The van der Waals surface area contributed by atoms with Crippen LogP contribution >= 0.6 is 0 Å². The molecule has 0 aliphatic carbocycles. The molecule has 0 aliphatic rings. The Morgan fingerprint density at radius 2 is 1.67 bits per heavy atom. The van der Waals surface area contributed by atoms with Gasteiger partial charge in [0.25, 0.3) is 0 Å². The molecule has 1 unspecified atom stereocenters. The molecular weight excluding hydrogens is 226 g/mol. The predicted octanol–water partition coefficient (Wildman–Crippen LogP) is 2.34. The summed E-state index contributed by atoms with van der Waals surface area (Å²) in [4.78, 5) is 0. The third-order valence-electron chi connectivity index (χ3n) is 2.66. The number of hydrogen-bond donors (Lipinski definition) is 2. The normalized spacial score (nSPS) is 12.1. The molecule has 0 bridgehead atoms. The van der Waals surface area contributed by atoms with E-state index in [-0.39, 0.29) is 12.6 Å². The summed E-state index contributed by atoms with van der Waals surface area (Å²) in [7, 11) is 0. The maximum absolute atomic E-state index is 9.01. The van der Waals surface area contributed by atoms with Gasteiger partial charge in [0.05, 0.1) is 6.61 Å². The molecule has 3 N–H and O–H groups in total. The van der Waals surface area contributed by atoms with Gasteiger partial charge in [0.1, 0.15) is 11.5 Å². The number of para-hydroxylation sites is 2. The molecule has 0 fully saturated rings. The molecular formula is C15H17NO2. The van der Waals surface area contributed by atoms with Gasteiger partial charge in [-0.05, 0) is 30.2 Å². The molecule has 2 aromatic rings. The van der Waals surface area contributed by atoms with Gasteiger partial charge in [-0.15, -0.1) is 0 Å². The molecule has 2 aromatic carbocycles. The molecule has 0 amide bonds. The summed E-state index contributed by atoms with van der Waals surface area (Å²) in [6.45, 7) is -0.0281. The van der Waals surface area contributed by atoms with Gasteiger partial charge in [0, 0.05) is 6.04 Å². The second-order valence-corrected chi connectivity index (χ2v) is 4.17. The number of ether oxygens (including phenoxy) is 1. The molecule has 2 rings (SSSR count). The Morgan fingerprint density at radius 3 is 2.39 bits per heavy atom. The van der Waals surface area contributed by atoms with E-state index in [2.05, 4.69) is 0 Å². The zero-order chi connectivity index (χ0) is 12.8. The van der Waals surface area contributed by atoms with E-state index in [1.54, 1.807) is 0 Å². The van der Waals surface area contributed by atoms with Gasteiger partial charge in [0.2, 0.25) is 0 Å². The molecule has 0 spiro atoms. The Kier molecular flexibility index (Phi) is 4.34. The van der Waals surface area contributed by atoms with Gasteiger partial charge in [0.15, 0.2) is 0 Å². The van der Waals surface area contributed by atoms with E-state index in [4.69, 9.17) is 15.6 Å². The third kappa shape index (κ3) is 3.32. The number of hydrogen-bond acceptors (Lipinski definition) is 3. The van der Waals surface area contributed by atoms with Crippen molar-refractivity contribution in [2.75, 3.05) is 6.61 Å². The highest BCUT2D eigenvalue weighted by molar-refractivity contribution is 5.38. The quantitative estimate of drug-likeness (QED) is 0.847. The Morgan fingerprint density at radius 1 is 1.00 bits per heavy atom. The van der Waals surface area contributed by atoms with Crippen molar-refractivity contribution < 1.29 is 9.84 Å². The van der Waals surface area contributed by atoms with Gasteiger partial charge < -0.3 is 15.6 Å². The average molecular weight is 243 g/mol. The molecule has 0 saturated heterocycles. The van der Waals surface area contributed by atoms with Crippen molar-refractivity contribution in [2.45, 2.75) is 12.5 Å². The fraction of sp³-hybridized carbons (Fsp3) is 0.200. The average Bonchev–Trinajstić information content (AvgIpc) is 2.42. The fourth-order valence-corrected chi connectivity index (χ4v) is 1.73. The van der Waals surface area contributed by atoms with Crippen molar-refractivity contribution in [1.82, 2.24) is 0 Å². The third-order valence-corrected chi connectivity index (χ3v) is 2.66. The topological polar surface area (TPSA) is 55.5 Å². The lowest BCUT2D eigenvalue weighted by Crippen LogP contribution is -2.26. The van der Waals surface area contributed by atoms with E-state index in [0.717, 1.165) is 17.1 Å². The highest BCUT2D eigenvalue weighted by atomic mass is 16.5. The molecule has 1 atom stereocenters. The lowest BCUT2D eigenvalue weighted by atomic mass is 10.1. The van der Waals surface area contributed by atoms with Gasteiger partial charge >= 0.3 is 0 Å². The van der Waals surface area contributed by atoms with E-state index in [1.165, 1.54) is 0 Å². The van der Waals surface area contributed by atoms with Crippen molar-refractivity contribution >= 4 is 0 Å². The second-order valence-electron chi connectivity index (χ2n) is 4.17. The standard InChI is InChI=1S/C15H17NO2/c16-13(11-17)10-12-6-4-5-9-15(12)18-14-7-2-1-3-8-14/h1-9,13,17H,10-11,16H2. The van der Waals surface area contributed by atoms with Gasteiger partial charge in [-0.25, -0.2) is 0 Å². The first kappa shape index (κ1) is 12.6. The molecule has 94 valence electrons. The maximum atomic E-state index is 9.01. The molecule has 0 aliphatic heterocycles. The molecule has 0 heterocycles. The van der Waals surface area contributed by atoms with Crippen LogP contribution in [0.25, 0.3) is 0 Å². The van der Waals surface area contributed by atoms with Crippen LogP contribution < -0.4 is 10.5 Å². The van der Waals surface area contributed by atoms with Crippen LogP contribution in [0.5, 0.6) is 11.5 Å². The van der Waals surface area contributed by atoms with E-state index in [9.17, 15) is 0 Å². The lowest BCUT2D eigenvalue weighted by molar-refractivity contribution is 0.264. The summed E-state index contributed by atoms with van der Waals surface area (Å²) in [6, 6.07) is 17.1. The van der Waals surface area contributed by atoms with Crippen LogP contribution in [0.4, 0.5) is 0 Å². The highest BCUT2D eigenvalue weighted by Gasteiger charge is 2.08. The summed E-state index contributed by atoms with van der Waals surface area (Å²) >= 11 is 0. The van der Waals surface area contributed by atoms with Crippen LogP contribution in [0.2, 0.25) is 0 Å². The van der Waals surface area contributed by atoms with Crippen LogP contribution in [0.1, 0.15) is 5.56 Å². The monoisotopic (exact) mass is 243 g/mol. The van der Waals surface area contributed by atoms with Gasteiger partial charge in [-0.1, -0.05) is 36.4 Å². The second kappa shape index (κ2) is 6.19. The minimum atomic E-state index is -0.259. The molecule has 3 heteroatoms. The van der Waals surface area contributed by atoms with E-state index in [1.807, 2.05) is 54.6 Å². The highest BCUT2D eigenvalue weighted by Crippen LogP contribution is 2.25. The SMILES string of the molecule is NC(CO)Cc1ccccc1Oc1ccccc1. The number of aliphatic hydroxyl groups is 1. The van der Waals surface area contributed by atoms with E-state index in [0.29, 0.717) is 6.42 Å². The number of benzene rings is 2. The minimum Gasteiger partial charge on any atom is -0.457 e. The van der Waals surface area contributed by atoms with Crippen molar-refractivity contribution in [3.63, 3.8) is 0 Å². The first-order chi connectivity index (χ1) is 8.79. The minimum absolute atomic E-state index is 0.0281. The lowest BCUT2D eigenvalue weighted by Gasteiger charge is -2.13. The van der Waals surface area contributed by atoms with Crippen molar-refractivity contribution in [3.8, 4) is 11.5 Å². The molecule has 3 nitrogen and oxygen atoms in total. The maximum Gasteiger partial charge on any atom is 0.130 e. The van der Waals surface area contributed by atoms with Crippen LogP contribution in [-0.2, 0) is 6.42 Å². The van der Waals surface area contributed by atoms with Crippen molar-refractivity contribution in [1.29, 1.82) is 0 Å². The Bertz CT molecular complexity index is 485. The Hall–Kier alpha value is -1.84. The molecule has 0 radical (unpaired) electrons.